The first-order valence-corrected chi connectivity index (χ1v) is 13.0. The molecule has 35 heavy (non-hydrogen) atoms. The smallest absolute Gasteiger partial charge is 0.327 e. The van der Waals surface area contributed by atoms with Crippen LogP contribution in [-0.4, -0.2) is 64.1 Å². The highest BCUT2D eigenvalue weighted by Gasteiger charge is 2.32. The summed E-state index contributed by atoms with van der Waals surface area (Å²) in [7, 11) is 0. The van der Waals surface area contributed by atoms with Gasteiger partial charge in [-0.15, -0.1) is 0 Å². The summed E-state index contributed by atoms with van der Waals surface area (Å²) in [5.41, 5.74) is 9.20. The number of nitrogens with one attached hydrogen (secondary N) is 2. The van der Waals surface area contributed by atoms with Gasteiger partial charge in [-0.3, -0.25) is 9.59 Å². The van der Waals surface area contributed by atoms with Crippen LogP contribution < -0.4 is 16.4 Å². The molecule has 5 N–H and O–H groups in total. The summed E-state index contributed by atoms with van der Waals surface area (Å²) in [6.45, 7) is 8.16. The summed E-state index contributed by atoms with van der Waals surface area (Å²) >= 11 is 1.42. The fourth-order valence-electron chi connectivity index (χ4n) is 3.45. The van der Waals surface area contributed by atoms with E-state index in [2.05, 4.69) is 56.6 Å². The Labute approximate surface area is 212 Å². The van der Waals surface area contributed by atoms with E-state index in [1.54, 1.807) is 0 Å². The Balaban J connectivity index is 2.59. The highest BCUT2D eigenvalue weighted by atomic mass is 32.2. The van der Waals surface area contributed by atoms with Crippen LogP contribution in [0.1, 0.15) is 66.2 Å². The molecule has 2 atom stereocenters. The number of nitrogens with zero attached hydrogens (tertiary/aromatic N) is 1. The molecule has 4 amide bonds. The zero-order valence-corrected chi connectivity index (χ0v) is 22.1. The van der Waals surface area contributed by atoms with Crippen LogP contribution in [0.25, 0.3) is 0 Å². The van der Waals surface area contributed by atoms with Gasteiger partial charge in [0.15, 0.2) is 0 Å². The van der Waals surface area contributed by atoms with Crippen molar-refractivity contribution in [2.24, 2.45) is 5.73 Å². The molecule has 0 radical (unpaired) electrons. The minimum Gasteiger partial charge on any atom is -0.480 e. The molecule has 1 aliphatic rings. The average Bonchev–Trinajstić information content (AvgIpc) is 2.83. The van der Waals surface area contributed by atoms with Crippen LogP contribution in [0.4, 0.5) is 4.79 Å². The largest absolute Gasteiger partial charge is 0.480 e. The predicted octanol–water partition coefficient (Wildman–Crippen LogP) is 3.33. The Hall–Kier alpha value is -2.75. The fraction of sp³-hybridized carbons (Fsp3) is 0.600. The third-order valence-corrected chi connectivity index (χ3v) is 6.59. The monoisotopic (exact) mass is 508 g/mol. The molecule has 1 aliphatic heterocycles. The summed E-state index contributed by atoms with van der Waals surface area (Å²) in [5, 5.41) is 14.6. The van der Waals surface area contributed by atoms with Gasteiger partial charge in [0.25, 0.3) is 0 Å². The number of carboxylic acids is 1. The van der Waals surface area contributed by atoms with Crippen molar-refractivity contribution >= 4 is 35.6 Å². The summed E-state index contributed by atoms with van der Waals surface area (Å²) in [6.07, 6.45) is 10.6. The van der Waals surface area contributed by atoms with E-state index in [-0.39, 0.29) is 25.3 Å². The number of carbonyl (C=O) groups is 4. The third kappa shape index (κ3) is 12.5. The van der Waals surface area contributed by atoms with Gasteiger partial charge >= 0.3 is 12.0 Å². The zero-order valence-electron chi connectivity index (χ0n) is 21.3. The van der Waals surface area contributed by atoms with E-state index >= 15 is 0 Å². The number of rotatable bonds is 13. The number of aliphatic carboxylic acids is 1. The minimum atomic E-state index is -1.15. The van der Waals surface area contributed by atoms with Crippen LogP contribution in [0.15, 0.2) is 34.9 Å². The van der Waals surface area contributed by atoms with Gasteiger partial charge in [-0.2, -0.15) is 11.8 Å². The second-order valence-electron chi connectivity index (χ2n) is 9.02. The van der Waals surface area contributed by atoms with Crippen molar-refractivity contribution in [1.29, 1.82) is 0 Å². The first-order chi connectivity index (χ1) is 16.5. The molecule has 0 saturated carbocycles. The SMILES string of the molecule is CC(C)=CCC/C(C)=C/CC/C(C)=C/CSC[C@@H](C(=O)O)N1CNC(=O)NC(C(N)=O)CCC1=O. The maximum atomic E-state index is 12.7. The first-order valence-electron chi connectivity index (χ1n) is 11.9. The number of urea groups is 1. The van der Waals surface area contributed by atoms with Gasteiger partial charge in [-0.1, -0.05) is 34.9 Å². The van der Waals surface area contributed by atoms with Crippen molar-refractivity contribution in [1.82, 2.24) is 15.5 Å². The van der Waals surface area contributed by atoms with Gasteiger partial charge in [0.05, 0.1) is 6.67 Å². The molecule has 0 aromatic carbocycles. The summed E-state index contributed by atoms with van der Waals surface area (Å²) in [6, 6.07) is -2.76. The van der Waals surface area contributed by atoms with E-state index in [4.69, 9.17) is 5.73 Å². The van der Waals surface area contributed by atoms with Crippen molar-refractivity contribution in [2.75, 3.05) is 18.2 Å². The lowest BCUT2D eigenvalue weighted by Gasteiger charge is -2.28. The maximum Gasteiger partial charge on any atom is 0.327 e. The van der Waals surface area contributed by atoms with Gasteiger partial charge in [0, 0.05) is 17.9 Å². The lowest BCUT2D eigenvalue weighted by atomic mass is 10.1. The van der Waals surface area contributed by atoms with Crippen LogP contribution in [0, 0.1) is 0 Å². The average molecular weight is 509 g/mol. The number of thioether (sulfide) groups is 1. The number of allylic oxidation sites excluding steroid dienone is 5. The Bertz CT molecular complexity index is 849. The molecule has 1 unspecified atom stereocenters. The summed E-state index contributed by atoms with van der Waals surface area (Å²) in [4.78, 5) is 49.1. The van der Waals surface area contributed by atoms with E-state index in [1.807, 2.05) is 0 Å². The highest BCUT2D eigenvalue weighted by Crippen LogP contribution is 2.16. The number of amides is 4. The summed E-state index contributed by atoms with van der Waals surface area (Å²) < 4.78 is 0. The Morgan fingerprint density at radius 1 is 1.11 bits per heavy atom. The van der Waals surface area contributed by atoms with Crippen molar-refractivity contribution < 1.29 is 24.3 Å². The van der Waals surface area contributed by atoms with Gasteiger partial charge in [0.1, 0.15) is 12.1 Å². The van der Waals surface area contributed by atoms with E-state index in [1.165, 1.54) is 28.5 Å². The number of hydrogen-bond acceptors (Lipinski definition) is 5. The zero-order chi connectivity index (χ0) is 26.4. The lowest BCUT2D eigenvalue weighted by Crippen LogP contribution is -2.53. The van der Waals surface area contributed by atoms with Gasteiger partial charge in [-0.25, -0.2) is 9.59 Å². The van der Waals surface area contributed by atoms with E-state index in [0.717, 1.165) is 30.6 Å². The standard InChI is InChI=1S/C25H40N4O5S/c1-17(2)7-5-8-18(3)9-6-10-19(4)13-14-35-15-21(24(32)33)29-16-27-25(34)28-20(23(26)31)11-12-22(29)30/h7,9,13,20-21H,5-6,8,10-12,14-16H2,1-4H3,(H2,26,31)(H,32,33)(H2,27,28,34)/b18-9+,19-13+/t20?,21-/m0/s1. The fourth-order valence-corrected chi connectivity index (χ4v) is 4.53. The van der Waals surface area contributed by atoms with Crippen LogP contribution in [0.5, 0.6) is 0 Å². The highest BCUT2D eigenvalue weighted by molar-refractivity contribution is 7.99. The van der Waals surface area contributed by atoms with Gasteiger partial charge in [-0.05, 0) is 59.8 Å². The van der Waals surface area contributed by atoms with Crippen molar-refractivity contribution in [3.05, 3.63) is 34.9 Å². The number of primary amides is 1. The van der Waals surface area contributed by atoms with Crippen LogP contribution in [0.2, 0.25) is 0 Å². The molecule has 1 fully saturated rings. The lowest BCUT2D eigenvalue weighted by molar-refractivity contribution is -0.149. The molecule has 196 valence electrons. The van der Waals surface area contributed by atoms with Crippen molar-refractivity contribution in [3.63, 3.8) is 0 Å². The second-order valence-corrected chi connectivity index (χ2v) is 10.1. The number of carboxylic acid groups (broad SMARTS) is 1. The topological polar surface area (TPSA) is 142 Å². The van der Waals surface area contributed by atoms with Crippen molar-refractivity contribution in [3.8, 4) is 0 Å². The molecule has 0 aromatic heterocycles. The first kappa shape index (κ1) is 30.3. The van der Waals surface area contributed by atoms with Crippen LogP contribution in [0.3, 0.4) is 0 Å². The Morgan fingerprint density at radius 2 is 1.74 bits per heavy atom. The predicted molar refractivity (Wildman–Crippen MR) is 140 cm³/mol. The second kappa shape index (κ2) is 16.0. The molecule has 0 bridgehead atoms. The van der Waals surface area contributed by atoms with E-state index < -0.39 is 35.9 Å². The van der Waals surface area contributed by atoms with Crippen LogP contribution in [-0.2, 0) is 14.4 Å². The number of hydrogen-bond donors (Lipinski definition) is 4. The van der Waals surface area contributed by atoms with Crippen molar-refractivity contribution in [2.45, 2.75) is 78.3 Å². The molecule has 10 heteroatoms. The number of carbonyl (C=O) groups excluding carboxylic acids is 3. The minimum absolute atomic E-state index is 0.0162. The molecule has 0 aromatic rings. The number of nitrogens with two attached hydrogens (primary N) is 1. The molecule has 1 rings (SSSR count). The molecule has 1 heterocycles. The van der Waals surface area contributed by atoms with E-state index in [9.17, 15) is 24.3 Å². The molecular formula is C25H40N4O5S. The Kier molecular flexibility index (Phi) is 13.9. The van der Waals surface area contributed by atoms with E-state index in [0.29, 0.717) is 5.75 Å². The summed E-state index contributed by atoms with van der Waals surface area (Å²) in [5.74, 6) is -1.54. The van der Waals surface area contributed by atoms with Gasteiger partial charge < -0.3 is 26.4 Å². The van der Waals surface area contributed by atoms with Crippen LogP contribution >= 0.6 is 11.8 Å². The molecule has 0 aliphatic carbocycles. The molecule has 0 spiro atoms. The third-order valence-electron chi connectivity index (χ3n) is 5.64. The molecule has 1 saturated heterocycles. The maximum absolute atomic E-state index is 12.7. The molecule has 9 nitrogen and oxygen atoms in total. The molecular weight excluding hydrogens is 468 g/mol. The quantitative estimate of drug-likeness (QED) is 0.222. The van der Waals surface area contributed by atoms with Gasteiger partial charge in [0.2, 0.25) is 11.8 Å². The Morgan fingerprint density at radius 3 is 2.34 bits per heavy atom. The normalized spacial score (nSPS) is 18.5.